The number of nitrogens with zero attached hydrogens (tertiary/aromatic N) is 3. The number of esters is 1. The second-order valence-electron chi connectivity index (χ2n) is 7.94. The van der Waals surface area contributed by atoms with Crippen molar-refractivity contribution in [3.63, 3.8) is 0 Å². The van der Waals surface area contributed by atoms with Crippen LogP contribution in [0.4, 0.5) is 5.69 Å². The zero-order chi connectivity index (χ0) is 24.1. The number of hydrogen-bond donors (Lipinski definition) is 1. The number of ether oxygens (including phenoxy) is 1. The first-order chi connectivity index (χ1) is 15.7. The smallest absolute Gasteiger partial charge is 0.328 e. The molecule has 2 heterocycles. The van der Waals surface area contributed by atoms with Crippen molar-refractivity contribution in [1.29, 1.82) is 0 Å². The Morgan fingerprint density at radius 2 is 1.79 bits per heavy atom. The summed E-state index contributed by atoms with van der Waals surface area (Å²) in [4.78, 5) is 56.5. The lowest BCUT2D eigenvalue weighted by Crippen LogP contribution is -2.62. The first-order valence-corrected chi connectivity index (χ1v) is 11.4. The predicted molar refractivity (Wildman–Crippen MR) is 125 cm³/mol. The zero-order valence-electron chi connectivity index (χ0n) is 19.1. The van der Waals surface area contributed by atoms with Crippen molar-refractivity contribution in [2.75, 3.05) is 45.7 Å². The SMILES string of the molecule is COC(=O)[C@@H](C)NC(=O)[C@H]1CN(C(=O)c2ccc(N(C)C)cc2)CCN1C(=O)c1cccs1. The molecule has 0 bridgehead atoms. The highest BCUT2D eigenvalue weighted by molar-refractivity contribution is 7.12. The van der Waals surface area contributed by atoms with E-state index in [1.807, 2.05) is 31.1 Å². The second kappa shape index (κ2) is 10.5. The number of carbonyl (C=O) groups excluding carboxylic acids is 4. The number of methoxy groups -OCH3 is 1. The normalized spacial score (nSPS) is 16.7. The van der Waals surface area contributed by atoms with Gasteiger partial charge in [0.15, 0.2) is 0 Å². The van der Waals surface area contributed by atoms with E-state index in [-0.39, 0.29) is 24.9 Å². The standard InChI is InChI=1S/C23H28N4O5S/c1-15(23(31)32-4)24-20(28)18-14-26(11-12-27(18)22(30)19-6-5-13-33-19)21(29)16-7-9-17(10-8-16)25(2)3/h5-10,13,15,18H,11-12,14H2,1-4H3,(H,24,28)/t15-,18-/m1/s1. The van der Waals surface area contributed by atoms with E-state index in [2.05, 4.69) is 10.1 Å². The highest BCUT2D eigenvalue weighted by Crippen LogP contribution is 2.20. The monoisotopic (exact) mass is 472 g/mol. The Morgan fingerprint density at radius 3 is 2.36 bits per heavy atom. The molecule has 3 amide bonds. The molecule has 0 unspecified atom stereocenters. The molecule has 2 atom stereocenters. The highest BCUT2D eigenvalue weighted by Gasteiger charge is 2.38. The number of anilines is 1. The van der Waals surface area contributed by atoms with E-state index in [1.54, 1.807) is 34.5 Å². The van der Waals surface area contributed by atoms with Gasteiger partial charge in [0.25, 0.3) is 11.8 Å². The summed E-state index contributed by atoms with van der Waals surface area (Å²) in [6.07, 6.45) is 0. The number of hydrogen-bond acceptors (Lipinski definition) is 7. The van der Waals surface area contributed by atoms with Gasteiger partial charge >= 0.3 is 5.97 Å². The molecule has 1 N–H and O–H groups in total. The van der Waals surface area contributed by atoms with Crippen LogP contribution in [0, 0.1) is 0 Å². The van der Waals surface area contributed by atoms with E-state index in [0.29, 0.717) is 17.0 Å². The number of benzene rings is 1. The average molecular weight is 473 g/mol. The van der Waals surface area contributed by atoms with E-state index in [0.717, 1.165) is 5.69 Å². The molecular formula is C23H28N4O5S. The van der Waals surface area contributed by atoms with E-state index in [1.165, 1.54) is 30.3 Å². The highest BCUT2D eigenvalue weighted by atomic mass is 32.1. The predicted octanol–water partition coefficient (Wildman–Crippen LogP) is 1.46. The summed E-state index contributed by atoms with van der Waals surface area (Å²) in [7, 11) is 5.07. The van der Waals surface area contributed by atoms with Gasteiger partial charge in [-0.3, -0.25) is 14.4 Å². The topological polar surface area (TPSA) is 99.3 Å². The van der Waals surface area contributed by atoms with Crippen LogP contribution < -0.4 is 10.2 Å². The summed E-state index contributed by atoms with van der Waals surface area (Å²) in [6.45, 7) is 2.02. The van der Waals surface area contributed by atoms with Gasteiger partial charge in [0.2, 0.25) is 5.91 Å². The van der Waals surface area contributed by atoms with Gasteiger partial charge in [-0.05, 0) is 42.6 Å². The minimum Gasteiger partial charge on any atom is -0.467 e. The average Bonchev–Trinajstić information content (AvgIpc) is 3.37. The zero-order valence-corrected chi connectivity index (χ0v) is 19.9. The Kier molecular flexibility index (Phi) is 7.70. The Balaban J connectivity index is 1.81. The van der Waals surface area contributed by atoms with Gasteiger partial charge in [-0.1, -0.05) is 6.07 Å². The van der Waals surface area contributed by atoms with Gasteiger partial charge in [0, 0.05) is 38.4 Å². The summed E-state index contributed by atoms with van der Waals surface area (Å²) in [5.41, 5.74) is 1.47. The summed E-state index contributed by atoms with van der Waals surface area (Å²) < 4.78 is 4.68. The molecule has 1 aliphatic heterocycles. The molecule has 0 radical (unpaired) electrons. The van der Waals surface area contributed by atoms with Crippen molar-refractivity contribution in [3.05, 3.63) is 52.2 Å². The summed E-state index contributed by atoms with van der Waals surface area (Å²) in [5.74, 6) is -1.61. The third-order valence-corrected chi connectivity index (χ3v) is 6.37. The van der Waals surface area contributed by atoms with Crippen LogP contribution in [0.5, 0.6) is 0 Å². The lowest BCUT2D eigenvalue weighted by atomic mass is 10.1. The fraction of sp³-hybridized carbons (Fsp3) is 0.391. The van der Waals surface area contributed by atoms with Crippen LogP contribution in [0.1, 0.15) is 27.0 Å². The fourth-order valence-corrected chi connectivity index (χ4v) is 4.29. The van der Waals surface area contributed by atoms with Gasteiger partial charge in [-0.25, -0.2) is 4.79 Å². The maximum absolute atomic E-state index is 13.1. The molecule has 33 heavy (non-hydrogen) atoms. The van der Waals surface area contributed by atoms with Crippen molar-refractivity contribution in [1.82, 2.24) is 15.1 Å². The van der Waals surface area contributed by atoms with Crippen molar-refractivity contribution in [2.24, 2.45) is 0 Å². The van der Waals surface area contributed by atoms with E-state index in [4.69, 9.17) is 0 Å². The van der Waals surface area contributed by atoms with Crippen molar-refractivity contribution < 1.29 is 23.9 Å². The van der Waals surface area contributed by atoms with Crippen LogP contribution in [0.25, 0.3) is 0 Å². The van der Waals surface area contributed by atoms with E-state index >= 15 is 0 Å². The molecule has 1 aliphatic rings. The lowest BCUT2D eigenvalue weighted by Gasteiger charge is -2.40. The van der Waals surface area contributed by atoms with Crippen LogP contribution >= 0.6 is 11.3 Å². The quantitative estimate of drug-likeness (QED) is 0.639. The summed E-state index contributed by atoms with van der Waals surface area (Å²) in [5, 5.41) is 4.39. The lowest BCUT2D eigenvalue weighted by molar-refractivity contribution is -0.145. The second-order valence-corrected chi connectivity index (χ2v) is 8.89. The van der Waals surface area contributed by atoms with Gasteiger partial charge in [0.05, 0.1) is 18.5 Å². The van der Waals surface area contributed by atoms with Crippen molar-refractivity contribution in [3.8, 4) is 0 Å². The van der Waals surface area contributed by atoms with Gasteiger partial charge < -0.3 is 24.8 Å². The maximum Gasteiger partial charge on any atom is 0.328 e. The molecule has 9 nitrogen and oxygen atoms in total. The Bertz CT molecular complexity index is 1010. The van der Waals surface area contributed by atoms with Crippen LogP contribution in [-0.4, -0.2) is 86.4 Å². The number of rotatable bonds is 6. The van der Waals surface area contributed by atoms with Crippen molar-refractivity contribution in [2.45, 2.75) is 19.0 Å². The Labute approximate surface area is 196 Å². The minimum absolute atomic E-state index is 0.0190. The van der Waals surface area contributed by atoms with Crippen LogP contribution in [0.2, 0.25) is 0 Å². The number of thiophene rings is 1. The number of carbonyl (C=O) groups is 4. The molecule has 10 heteroatoms. The molecule has 3 rings (SSSR count). The molecule has 2 aromatic rings. The van der Waals surface area contributed by atoms with Crippen LogP contribution in [-0.2, 0) is 14.3 Å². The van der Waals surface area contributed by atoms with Crippen LogP contribution in [0.15, 0.2) is 41.8 Å². The Hall–Kier alpha value is -3.40. The molecule has 1 aromatic carbocycles. The third kappa shape index (κ3) is 5.51. The molecular weight excluding hydrogens is 444 g/mol. The van der Waals surface area contributed by atoms with E-state index < -0.39 is 24.0 Å². The molecule has 1 fully saturated rings. The molecule has 1 aromatic heterocycles. The van der Waals surface area contributed by atoms with Crippen molar-refractivity contribution >= 4 is 40.7 Å². The van der Waals surface area contributed by atoms with Gasteiger partial charge in [0.1, 0.15) is 12.1 Å². The molecule has 1 saturated heterocycles. The third-order valence-electron chi connectivity index (χ3n) is 5.51. The first-order valence-electron chi connectivity index (χ1n) is 10.5. The fourth-order valence-electron chi connectivity index (χ4n) is 3.61. The number of piperazine rings is 1. The molecule has 0 saturated carbocycles. The molecule has 176 valence electrons. The number of amides is 3. The van der Waals surface area contributed by atoms with Crippen LogP contribution in [0.3, 0.4) is 0 Å². The number of nitrogens with one attached hydrogen (secondary N) is 1. The summed E-state index contributed by atoms with van der Waals surface area (Å²) in [6, 6.07) is 8.84. The first kappa shape index (κ1) is 24.2. The molecule has 0 spiro atoms. The van der Waals surface area contributed by atoms with Gasteiger partial charge in [-0.2, -0.15) is 0 Å². The minimum atomic E-state index is -0.939. The van der Waals surface area contributed by atoms with E-state index in [9.17, 15) is 19.2 Å². The maximum atomic E-state index is 13.1. The Morgan fingerprint density at radius 1 is 1.09 bits per heavy atom. The van der Waals surface area contributed by atoms with Gasteiger partial charge in [-0.15, -0.1) is 11.3 Å². The summed E-state index contributed by atoms with van der Waals surface area (Å²) >= 11 is 1.29. The largest absolute Gasteiger partial charge is 0.467 e. The molecule has 0 aliphatic carbocycles.